The number of likely N-dealkylation sites (tertiary alicyclic amines) is 1. The summed E-state index contributed by atoms with van der Waals surface area (Å²) in [6, 6.07) is 10.2. The molecule has 0 radical (unpaired) electrons. The fraction of sp³-hybridized carbons (Fsp3) is 0.375. The van der Waals surface area contributed by atoms with Gasteiger partial charge in [0.25, 0.3) is 0 Å². The van der Waals surface area contributed by atoms with Gasteiger partial charge >= 0.3 is 6.03 Å². The summed E-state index contributed by atoms with van der Waals surface area (Å²) >= 11 is 0. The molecule has 1 aliphatic heterocycles. The molecule has 0 spiro atoms. The Morgan fingerprint density at radius 1 is 1.33 bits per heavy atom. The number of hydrogen-bond acceptors (Lipinski definition) is 2. The first-order chi connectivity index (χ1) is 10.2. The van der Waals surface area contributed by atoms with Gasteiger partial charge in [0.05, 0.1) is 0 Å². The normalized spacial score (nSPS) is 14.9. The number of aromatic nitrogens is 2. The van der Waals surface area contributed by atoms with Crippen molar-refractivity contribution >= 4 is 6.03 Å². The number of nitrogens with zero attached hydrogens (tertiary/aromatic N) is 3. The summed E-state index contributed by atoms with van der Waals surface area (Å²) < 4.78 is 2.25. The highest BCUT2D eigenvalue weighted by Gasteiger charge is 2.31. The standard InChI is InChI=1S/C16H20N4O/c1-12-8-18-15(14-6-4-3-5-7-14)20(12)11-13-9-19(10-13)16(21)17-2/h3-8,13H,9-11H2,1-2H3,(H,17,21). The van der Waals surface area contributed by atoms with Crippen LogP contribution in [0.3, 0.4) is 0 Å². The number of hydrogen-bond donors (Lipinski definition) is 1. The molecule has 0 aliphatic carbocycles. The Kier molecular flexibility index (Phi) is 3.64. The van der Waals surface area contributed by atoms with E-state index in [0.29, 0.717) is 5.92 Å². The number of urea groups is 1. The number of aryl methyl sites for hydroxylation is 1. The molecule has 0 bridgehead atoms. The van der Waals surface area contributed by atoms with Gasteiger partial charge in [0.15, 0.2) is 0 Å². The third-order valence-electron chi connectivity index (χ3n) is 3.99. The first-order valence-corrected chi connectivity index (χ1v) is 7.23. The third kappa shape index (κ3) is 2.63. The molecule has 2 heterocycles. The van der Waals surface area contributed by atoms with E-state index in [1.807, 2.05) is 29.3 Å². The van der Waals surface area contributed by atoms with Gasteiger partial charge in [-0.05, 0) is 6.92 Å². The van der Waals surface area contributed by atoms with Gasteiger partial charge in [-0.15, -0.1) is 0 Å². The number of nitrogens with one attached hydrogen (secondary N) is 1. The van der Waals surface area contributed by atoms with E-state index >= 15 is 0 Å². The van der Waals surface area contributed by atoms with E-state index < -0.39 is 0 Å². The van der Waals surface area contributed by atoms with E-state index in [0.717, 1.165) is 36.7 Å². The Bertz CT molecular complexity index is 629. The molecular weight excluding hydrogens is 264 g/mol. The van der Waals surface area contributed by atoms with Crippen LogP contribution >= 0.6 is 0 Å². The van der Waals surface area contributed by atoms with E-state index in [-0.39, 0.29) is 6.03 Å². The molecule has 1 N–H and O–H groups in total. The summed E-state index contributed by atoms with van der Waals surface area (Å²) in [6.45, 7) is 4.61. The molecule has 5 heteroatoms. The van der Waals surface area contributed by atoms with Crippen LogP contribution in [-0.2, 0) is 6.54 Å². The number of imidazole rings is 1. The van der Waals surface area contributed by atoms with Crippen LogP contribution in [0.1, 0.15) is 5.69 Å². The molecule has 1 saturated heterocycles. The van der Waals surface area contributed by atoms with Crippen molar-refractivity contribution in [1.82, 2.24) is 19.8 Å². The van der Waals surface area contributed by atoms with Crippen molar-refractivity contribution in [3.63, 3.8) is 0 Å². The molecular formula is C16H20N4O. The van der Waals surface area contributed by atoms with Crippen molar-refractivity contribution in [1.29, 1.82) is 0 Å². The molecule has 1 aliphatic rings. The SMILES string of the molecule is CNC(=O)N1CC(Cn2c(C)cnc2-c2ccccc2)C1. The zero-order valence-electron chi connectivity index (χ0n) is 12.4. The Hall–Kier alpha value is -2.30. The van der Waals surface area contributed by atoms with Crippen LogP contribution in [0.4, 0.5) is 4.79 Å². The predicted octanol–water partition coefficient (Wildman–Crippen LogP) is 2.13. The van der Waals surface area contributed by atoms with Crippen LogP contribution in [0.5, 0.6) is 0 Å². The second-order valence-corrected chi connectivity index (χ2v) is 5.53. The molecule has 1 aromatic carbocycles. The first-order valence-electron chi connectivity index (χ1n) is 7.23. The summed E-state index contributed by atoms with van der Waals surface area (Å²) in [5, 5.41) is 2.66. The maximum Gasteiger partial charge on any atom is 0.317 e. The number of carbonyl (C=O) groups is 1. The Morgan fingerprint density at radius 2 is 2.05 bits per heavy atom. The number of benzene rings is 1. The van der Waals surface area contributed by atoms with E-state index in [1.54, 1.807) is 7.05 Å². The number of carbonyl (C=O) groups excluding carboxylic acids is 1. The minimum Gasteiger partial charge on any atom is -0.341 e. The van der Waals surface area contributed by atoms with Gasteiger partial charge in [0.2, 0.25) is 0 Å². The quantitative estimate of drug-likeness (QED) is 0.938. The first kappa shape index (κ1) is 13.7. The van der Waals surface area contributed by atoms with Gasteiger partial charge in [-0.2, -0.15) is 0 Å². The second kappa shape index (κ2) is 5.60. The van der Waals surface area contributed by atoms with Crippen LogP contribution in [0, 0.1) is 12.8 Å². The van der Waals surface area contributed by atoms with Crippen LogP contribution in [0.2, 0.25) is 0 Å². The minimum atomic E-state index is 0.0110. The van der Waals surface area contributed by atoms with Gasteiger partial charge < -0.3 is 14.8 Å². The lowest BCUT2D eigenvalue weighted by Crippen LogP contribution is -2.54. The van der Waals surface area contributed by atoms with Crippen LogP contribution in [0.25, 0.3) is 11.4 Å². The molecule has 110 valence electrons. The predicted molar refractivity (Wildman–Crippen MR) is 81.9 cm³/mol. The van der Waals surface area contributed by atoms with Gasteiger partial charge in [0.1, 0.15) is 5.82 Å². The van der Waals surface area contributed by atoms with Crippen molar-refractivity contribution in [3.8, 4) is 11.4 Å². The van der Waals surface area contributed by atoms with Gasteiger partial charge in [-0.1, -0.05) is 30.3 Å². The lowest BCUT2D eigenvalue weighted by Gasteiger charge is -2.39. The average Bonchev–Trinajstić information content (AvgIpc) is 2.83. The number of rotatable bonds is 3. The van der Waals surface area contributed by atoms with Crippen molar-refractivity contribution < 1.29 is 4.79 Å². The third-order valence-corrected chi connectivity index (χ3v) is 3.99. The van der Waals surface area contributed by atoms with Crippen molar-refractivity contribution in [2.45, 2.75) is 13.5 Å². The van der Waals surface area contributed by atoms with Gasteiger partial charge in [-0.25, -0.2) is 9.78 Å². The highest BCUT2D eigenvalue weighted by atomic mass is 16.2. The molecule has 21 heavy (non-hydrogen) atoms. The average molecular weight is 284 g/mol. The monoisotopic (exact) mass is 284 g/mol. The number of amides is 2. The van der Waals surface area contributed by atoms with Gasteiger partial charge in [-0.3, -0.25) is 0 Å². The maximum atomic E-state index is 11.5. The molecule has 0 atom stereocenters. The molecule has 1 aromatic heterocycles. The Morgan fingerprint density at radius 3 is 2.71 bits per heavy atom. The fourth-order valence-corrected chi connectivity index (χ4v) is 2.78. The van der Waals surface area contributed by atoms with Crippen LogP contribution < -0.4 is 5.32 Å². The summed E-state index contributed by atoms with van der Waals surface area (Å²) in [7, 11) is 1.67. The van der Waals surface area contributed by atoms with Crippen molar-refractivity contribution in [2.75, 3.05) is 20.1 Å². The molecule has 0 unspecified atom stereocenters. The topological polar surface area (TPSA) is 50.2 Å². The van der Waals surface area contributed by atoms with Gasteiger partial charge in [0, 0.05) is 50.1 Å². The van der Waals surface area contributed by atoms with E-state index in [2.05, 4.69) is 33.9 Å². The van der Waals surface area contributed by atoms with E-state index in [1.165, 1.54) is 0 Å². The second-order valence-electron chi connectivity index (χ2n) is 5.53. The molecule has 0 saturated carbocycles. The van der Waals surface area contributed by atoms with Crippen molar-refractivity contribution in [2.24, 2.45) is 5.92 Å². The minimum absolute atomic E-state index is 0.0110. The summed E-state index contributed by atoms with van der Waals surface area (Å²) in [5.74, 6) is 1.50. The molecule has 3 rings (SSSR count). The largest absolute Gasteiger partial charge is 0.341 e. The Balaban J connectivity index is 1.73. The van der Waals surface area contributed by atoms with Crippen LogP contribution in [-0.4, -0.2) is 40.6 Å². The highest BCUT2D eigenvalue weighted by molar-refractivity contribution is 5.74. The van der Waals surface area contributed by atoms with E-state index in [9.17, 15) is 4.79 Å². The maximum absolute atomic E-state index is 11.5. The zero-order chi connectivity index (χ0) is 14.8. The van der Waals surface area contributed by atoms with Crippen LogP contribution in [0.15, 0.2) is 36.5 Å². The smallest absolute Gasteiger partial charge is 0.317 e. The summed E-state index contributed by atoms with van der Waals surface area (Å²) in [4.78, 5) is 17.9. The molecule has 5 nitrogen and oxygen atoms in total. The molecule has 2 aromatic rings. The van der Waals surface area contributed by atoms with Crippen molar-refractivity contribution in [3.05, 3.63) is 42.2 Å². The Labute approximate surface area is 124 Å². The zero-order valence-corrected chi connectivity index (χ0v) is 12.4. The highest BCUT2D eigenvalue weighted by Crippen LogP contribution is 2.24. The lowest BCUT2D eigenvalue weighted by molar-refractivity contribution is 0.112. The molecule has 2 amide bonds. The fourth-order valence-electron chi connectivity index (χ4n) is 2.78. The van der Waals surface area contributed by atoms with E-state index in [4.69, 9.17) is 0 Å². The summed E-state index contributed by atoms with van der Waals surface area (Å²) in [5.41, 5.74) is 2.29. The summed E-state index contributed by atoms with van der Waals surface area (Å²) in [6.07, 6.45) is 1.91. The molecule has 1 fully saturated rings. The lowest BCUT2D eigenvalue weighted by atomic mass is 10.0.